The summed E-state index contributed by atoms with van der Waals surface area (Å²) in [4.78, 5) is 4.29. The zero-order chi connectivity index (χ0) is 13.8. The lowest BCUT2D eigenvalue weighted by molar-refractivity contribution is 0.392. The minimum Gasteiger partial charge on any atom is -0.497 e. The predicted molar refractivity (Wildman–Crippen MR) is 76.5 cm³/mol. The number of ether oxygens (including phenoxy) is 1. The molecular weight excluding hydrogens is 238 g/mol. The predicted octanol–water partition coefficient (Wildman–Crippen LogP) is 2.72. The van der Waals surface area contributed by atoms with Crippen molar-refractivity contribution in [1.29, 1.82) is 0 Å². The van der Waals surface area contributed by atoms with Gasteiger partial charge in [-0.05, 0) is 38.6 Å². The fourth-order valence-electron chi connectivity index (χ4n) is 2.48. The number of rotatable bonds is 5. The molecular formula is C15H21N3O. The zero-order valence-corrected chi connectivity index (χ0v) is 11.9. The van der Waals surface area contributed by atoms with Gasteiger partial charge in [0.25, 0.3) is 0 Å². The summed E-state index contributed by atoms with van der Waals surface area (Å²) in [6.07, 6.45) is 3.86. The van der Waals surface area contributed by atoms with Crippen LogP contribution in [0.25, 0.3) is 0 Å². The Morgan fingerprint density at radius 3 is 2.42 bits per heavy atom. The molecule has 1 aromatic carbocycles. The summed E-state index contributed by atoms with van der Waals surface area (Å²) in [6.45, 7) is 4.22. The Bertz CT molecular complexity index is 518. The monoisotopic (exact) mass is 259 g/mol. The second kappa shape index (κ2) is 5.89. The maximum absolute atomic E-state index is 5.20. The normalized spacial score (nSPS) is 14.1. The van der Waals surface area contributed by atoms with E-state index in [-0.39, 0.29) is 6.04 Å². The molecule has 0 aliphatic rings. The maximum atomic E-state index is 5.20. The van der Waals surface area contributed by atoms with E-state index in [1.165, 1.54) is 5.56 Å². The van der Waals surface area contributed by atoms with Crippen LogP contribution in [0.5, 0.6) is 5.75 Å². The van der Waals surface area contributed by atoms with Crippen molar-refractivity contribution in [2.24, 2.45) is 0 Å². The van der Waals surface area contributed by atoms with Gasteiger partial charge in [-0.1, -0.05) is 12.1 Å². The molecule has 0 amide bonds. The van der Waals surface area contributed by atoms with Crippen molar-refractivity contribution in [3.05, 3.63) is 48.0 Å². The molecule has 0 aliphatic carbocycles. The SMILES string of the molecule is CNC(c1ccc(OC)cc1)C(C)n1ccnc1C. The van der Waals surface area contributed by atoms with Gasteiger partial charge < -0.3 is 14.6 Å². The van der Waals surface area contributed by atoms with Gasteiger partial charge in [0.2, 0.25) is 0 Å². The van der Waals surface area contributed by atoms with Crippen LogP contribution >= 0.6 is 0 Å². The highest BCUT2D eigenvalue weighted by Gasteiger charge is 2.19. The molecule has 0 radical (unpaired) electrons. The van der Waals surface area contributed by atoms with Gasteiger partial charge in [-0.3, -0.25) is 0 Å². The maximum Gasteiger partial charge on any atom is 0.118 e. The average molecular weight is 259 g/mol. The zero-order valence-electron chi connectivity index (χ0n) is 11.9. The van der Waals surface area contributed by atoms with Crippen LogP contribution in [0.2, 0.25) is 0 Å². The molecule has 2 aromatic rings. The molecule has 0 saturated carbocycles. The number of nitrogens with one attached hydrogen (secondary N) is 1. The van der Waals surface area contributed by atoms with Gasteiger partial charge in [0, 0.05) is 12.4 Å². The number of hydrogen-bond acceptors (Lipinski definition) is 3. The van der Waals surface area contributed by atoms with Crippen LogP contribution in [0.4, 0.5) is 0 Å². The van der Waals surface area contributed by atoms with E-state index >= 15 is 0 Å². The van der Waals surface area contributed by atoms with Crippen molar-refractivity contribution in [1.82, 2.24) is 14.9 Å². The highest BCUT2D eigenvalue weighted by atomic mass is 16.5. The Hall–Kier alpha value is -1.81. The summed E-state index contributed by atoms with van der Waals surface area (Å²) < 4.78 is 7.38. The Morgan fingerprint density at radius 2 is 1.95 bits per heavy atom. The van der Waals surface area contributed by atoms with E-state index in [2.05, 4.69) is 33.9 Å². The lowest BCUT2D eigenvalue weighted by Crippen LogP contribution is -2.26. The van der Waals surface area contributed by atoms with Crippen molar-refractivity contribution in [3.63, 3.8) is 0 Å². The standard InChI is InChI=1S/C15H21N3O/c1-11(18-10-9-17-12(18)2)15(16-3)13-5-7-14(19-4)8-6-13/h5-11,15-16H,1-4H3. The third-order valence-electron chi connectivity index (χ3n) is 3.57. The lowest BCUT2D eigenvalue weighted by atomic mass is 10.00. The first-order valence-electron chi connectivity index (χ1n) is 6.48. The van der Waals surface area contributed by atoms with Crippen LogP contribution in [0, 0.1) is 6.92 Å². The van der Waals surface area contributed by atoms with Crippen molar-refractivity contribution in [2.75, 3.05) is 14.2 Å². The number of likely N-dealkylation sites (N-methyl/N-ethyl adjacent to an activating group) is 1. The van der Waals surface area contributed by atoms with Gasteiger partial charge in [-0.15, -0.1) is 0 Å². The van der Waals surface area contributed by atoms with E-state index in [0.29, 0.717) is 6.04 Å². The molecule has 2 unspecified atom stereocenters. The van der Waals surface area contributed by atoms with E-state index in [9.17, 15) is 0 Å². The highest BCUT2D eigenvalue weighted by molar-refractivity contribution is 5.29. The van der Waals surface area contributed by atoms with Crippen molar-refractivity contribution >= 4 is 0 Å². The Balaban J connectivity index is 2.26. The molecule has 0 aliphatic heterocycles. The minimum atomic E-state index is 0.235. The molecule has 0 saturated heterocycles. The van der Waals surface area contributed by atoms with Crippen LogP contribution in [-0.4, -0.2) is 23.7 Å². The Labute approximate surface area is 114 Å². The van der Waals surface area contributed by atoms with Crippen molar-refractivity contribution < 1.29 is 4.74 Å². The van der Waals surface area contributed by atoms with Crippen LogP contribution in [-0.2, 0) is 0 Å². The number of aryl methyl sites for hydroxylation is 1. The van der Waals surface area contributed by atoms with Gasteiger partial charge in [-0.25, -0.2) is 4.98 Å². The van der Waals surface area contributed by atoms with E-state index in [1.807, 2.05) is 38.5 Å². The van der Waals surface area contributed by atoms with Crippen LogP contribution < -0.4 is 10.1 Å². The van der Waals surface area contributed by atoms with Gasteiger partial charge in [0.1, 0.15) is 11.6 Å². The fourth-order valence-corrected chi connectivity index (χ4v) is 2.48. The Kier molecular flexibility index (Phi) is 4.22. The van der Waals surface area contributed by atoms with Crippen LogP contribution in [0.15, 0.2) is 36.7 Å². The average Bonchev–Trinajstić information content (AvgIpc) is 2.86. The van der Waals surface area contributed by atoms with E-state index in [0.717, 1.165) is 11.6 Å². The number of hydrogen-bond donors (Lipinski definition) is 1. The largest absolute Gasteiger partial charge is 0.497 e. The molecule has 1 heterocycles. The number of benzene rings is 1. The molecule has 2 atom stereocenters. The molecule has 4 nitrogen and oxygen atoms in total. The van der Waals surface area contributed by atoms with Gasteiger partial charge in [-0.2, -0.15) is 0 Å². The fraction of sp³-hybridized carbons (Fsp3) is 0.400. The highest BCUT2D eigenvalue weighted by Crippen LogP contribution is 2.27. The topological polar surface area (TPSA) is 39.1 Å². The van der Waals surface area contributed by atoms with Gasteiger partial charge in [0.15, 0.2) is 0 Å². The molecule has 0 bridgehead atoms. The molecule has 19 heavy (non-hydrogen) atoms. The summed E-state index contributed by atoms with van der Waals surface area (Å²) >= 11 is 0. The summed E-state index contributed by atoms with van der Waals surface area (Å²) in [7, 11) is 3.67. The molecule has 102 valence electrons. The minimum absolute atomic E-state index is 0.235. The number of imidazole rings is 1. The third kappa shape index (κ3) is 2.79. The quantitative estimate of drug-likeness (QED) is 0.897. The van der Waals surface area contributed by atoms with Crippen molar-refractivity contribution in [3.8, 4) is 5.75 Å². The summed E-state index contributed by atoms with van der Waals surface area (Å²) in [5, 5.41) is 3.38. The van der Waals surface area contributed by atoms with Crippen molar-refractivity contribution in [2.45, 2.75) is 25.9 Å². The van der Waals surface area contributed by atoms with E-state index < -0.39 is 0 Å². The number of nitrogens with zero attached hydrogens (tertiary/aromatic N) is 2. The first-order valence-corrected chi connectivity index (χ1v) is 6.48. The van der Waals surface area contributed by atoms with Crippen LogP contribution in [0.1, 0.15) is 30.4 Å². The molecule has 4 heteroatoms. The first kappa shape index (κ1) is 13.6. The summed E-state index contributed by atoms with van der Waals surface area (Å²) in [5.41, 5.74) is 1.24. The summed E-state index contributed by atoms with van der Waals surface area (Å²) in [5.74, 6) is 1.91. The number of methoxy groups -OCH3 is 1. The molecule has 0 spiro atoms. The van der Waals surface area contributed by atoms with E-state index in [1.54, 1.807) is 7.11 Å². The molecule has 2 rings (SSSR count). The molecule has 1 N–H and O–H groups in total. The molecule has 0 fully saturated rings. The summed E-state index contributed by atoms with van der Waals surface area (Å²) in [6, 6.07) is 8.71. The van der Waals surface area contributed by atoms with Gasteiger partial charge in [0.05, 0.1) is 19.2 Å². The third-order valence-corrected chi connectivity index (χ3v) is 3.57. The first-order chi connectivity index (χ1) is 9.17. The lowest BCUT2D eigenvalue weighted by Gasteiger charge is -2.26. The Morgan fingerprint density at radius 1 is 1.26 bits per heavy atom. The van der Waals surface area contributed by atoms with E-state index in [4.69, 9.17) is 4.74 Å². The number of aromatic nitrogens is 2. The smallest absolute Gasteiger partial charge is 0.118 e. The second-order valence-electron chi connectivity index (χ2n) is 4.66. The van der Waals surface area contributed by atoms with Crippen LogP contribution in [0.3, 0.4) is 0 Å². The molecule has 1 aromatic heterocycles. The second-order valence-corrected chi connectivity index (χ2v) is 4.66. The van der Waals surface area contributed by atoms with Gasteiger partial charge >= 0.3 is 0 Å².